The normalized spacial score (nSPS) is 30.4. The Bertz CT molecular complexity index is 428. The number of hydrogen-bond acceptors (Lipinski definition) is 4. The molecule has 4 atom stereocenters. The monoisotopic (exact) mass is 354 g/mol. The molecule has 0 aromatic heterocycles. The highest BCUT2D eigenvalue weighted by molar-refractivity contribution is 5.72. The second kappa shape index (κ2) is 10.8. The molecule has 5 heteroatoms. The number of carbonyl (C=O) groups is 1. The summed E-state index contributed by atoms with van der Waals surface area (Å²) >= 11 is 0. The van der Waals surface area contributed by atoms with E-state index in [2.05, 4.69) is 13.0 Å². The highest BCUT2D eigenvalue weighted by Gasteiger charge is 2.43. The molecule has 25 heavy (non-hydrogen) atoms. The molecule has 5 nitrogen and oxygen atoms in total. The van der Waals surface area contributed by atoms with E-state index in [0.717, 1.165) is 37.9 Å². The summed E-state index contributed by atoms with van der Waals surface area (Å²) in [5.41, 5.74) is 0. The van der Waals surface area contributed by atoms with Crippen molar-refractivity contribution in [1.29, 1.82) is 0 Å². The van der Waals surface area contributed by atoms with Gasteiger partial charge in [-0.1, -0.05) is 32.6 Å². The lowest BCUT2D eigenvalue weighted by Gasteiger charge is -2.28. The number of aliphatic hydroxyl groups is 1. The van der Waals surface area contributed by atoms with E-state index in [9.17, 15) is 15.0 Å². The summed E-state index contributed by atoms with van der Waals surface area (Å²) in [4.78, 5) is 11.6. The number of carboxylic acids is 1. The third kappa shape index (κ3) is 6.30. The highest BCUT2D eigenvalue weighted by Crippen LogP contribution is 2.39. The molecule has 4 unspecified atom stereocenters. The minimum absolute atomic E-state index is 0.242. The number of rotatable bonds is 10. The summed E-state index contributed by atoms with van der Waals surface area (Å²) in [6.45, 7) is 2.90. The van der Waals surface area contributed by atoms with Crippen LogP contribution < -0.4 is 0 Å². The van der Waals surface area contributed by atoms with Crippen LogP contribution in [-0.4, -0.2) is 35.2 Å². The van der Waals surface area contributed by atoms with Gasteiger partial charge >= 0.3 is 5.97 Å². The van der Waals surface area contributed by atoms with Crippen LogP contribution in [0.1, 0.15) is 77.6 Å². The van der Waals surface area contributed by atoms with Gasteiger partial charge in [0.15, 0.2) is 6.29 Å². The van der Waals surface area contributed by atoms with E-state index in [4.69, 9.17) is 9.47 Å². The van der Waals surface area contributed by atoms with Gasteiger partial charge in [0.05, 0.1) is 24.4 Å². The van der Waals surface area contributed by atoms with Gasteiger partial charge in [-0.25, -0.2) is 0 Å². The lowest BCUT2D eigenvalue weighted by atomic mass is 9.92. The van der Waals surface area contributed by atoms with Crippen molar-refractivity contribution in [3.63, 3.8) is 0 Å². The predicted octanol–water partition coefficient (Wildman–Crippen LogP) is 4.25. The standard InChI is InChI=1S/C20H34O5/c1-2-3-4-5-6-7-10-17(25-18-11-8-9-14-24-18)15-12-13-16(21)19(15)20(22)23/h10,15-16,18-19,21H,2-9,11-14H2,1H3,(H,22,23). The first-order chi connectivity index (χ1) is 12.1. The van der Waals surface area contributed by atoms with E-state index >= 15 is 0 Å². The smallest absolute Gasteiger partial charge is 0.309 e. The Morgan fingerprint density at radius 1 is 1.16 bits per heavy atom. The molecule has 2 aliphatic rings. The van der Waals surface area contributed by atoms with Crippen LogP contribution in [0.15, 0.2) is 11.8 Å². The zero-order valence-electron chi connectivity index (χ0n) is 15.5. The first-order valence-electron chi connectivity index (χ1n) is 10.0. The van der Waals surface area contributed by atoms with E-state index < -0.39 is 18.0 Å². The summed E-state index contributed by atoms with van der Waals surface area (Å²) in [7, 11) is 0. The molecule has 0 spiro atoms. The Morgan fingerprint density at radius 2 is 1.96 bits per heavy atom. The lowest BCUT2D eigenvalue weighted by molar-refractivity contribution is -0.155. The van der Waals surface area contributed by atoms with Crippen molar-refractivity contribution in [3.8, 4) is 0 Å². The lowest BCUT2D eigenvalue weighted by Crippen LogP contribution is -2.31. The third-order valence-electron chi connectivity index (χ3n) is 5.33. The Morgan fingerprint density at radius 3 is 2.64 bits per heavy atom. The Kier molecular flexibility index (Phi) is 8.76. The average Bonchev–Trinajstić information content (AvgIpc) is 2.99. The van der Waals surface area contributed by atoms with Gasteiger partial charge in [-0.3, -0.25) is 4.79 Å². The number of aliphatic carboxylic acids is 1. The first kappa shape index (κ1) is 20.2. The molecular formula is C20H34O5. The summed E-state index contributed by atoms with van der Waals surface area (Å²) in [6, 6.07) is 0. The zero-order valence-corrected chi connectivity index (χ0v) is 15.5. The maximum absolute atomic E-state index is 11.6. The molecular weight excluding hydrogens is 320 g/mol. The first-order valence-corrected chi connectivity index (χ1v) is 10.0. The second-order valence-corrected chi connectivity index (χ2v) is 7.34. The van der Waals surface area contributed by atoms with Crippen LogP contribution in [0, 0.1) is 11.8 Å². The van der Waals surface area contributed by atoms with Crippen LogP contribution in [-0.2, 0) is 14.3 Å². The van der Waals surface area contributed by atoms with Crippen molar-refractivity contribution in [2.24, 2.45) is 11.8 Å². The molecule has 1 aliphatic carbocycles. The van der Waals surface area contributed by atoms with Gasteiger partial charge in [-0.15, -0.1) is 0 Å². The fourth-order valence-corrected chi connectivity index (χ4v) is 3.87. The van der Waals surface area contributed by atoms with Gasteiger partial charge in [-0.05, 0) is 44.6 Å². The van der Waals surface area contributed by atoms with Crippen molar-refractivity contribution in [3.05, 3.63) is 11.8 Å². The maximum Gasteiger partial charge on any atom is 0.309 e. The van der Waals surface area contributed by atoms with Gasteiger partial charge in [-0.2, -0.15) is 0 Å². The Labute approximate surface area is 151 Å². The van der Waals surface area contributed by atoms with Crippen LogP contribution in [0.25, 0.3) is 0 Å². The van der Waals surface area contributed by atoms with Gasteiger partial charge < -0.3 is 19.7 Å². The molecule has 1 heterocycles. The molecule has 1 aliphatic heterocycles. The Hall–Kier alpha value is -1.07. The molecule has 144 valence electrons. The molecule has 0 bridgehead atoms. The van der Waals surface area contributed by atoms with Crippen molar-refractivity contribution in [1.82, 2.24) is 0 Å². The fraction of sp³-hybridized carbons (Fsp3) is 0.850. The average molecular weight is 354 g/mol. The number of carboxylic acid groups (broad SMARTS) is 1. The van der Waals surface area contributed by atoms with Crippen LogP contribution in [0.4, 0.5) is 0 Å². The van der Waals surface area contributed by atoms with Gasteiger partial charge in [0.25, 0.3) is 0 Å². The largest absolute Gasteiger partial charge is 0.481 e. The minimum Gasteiger partial charge on any atom is -0.481 e. The number of hydrogen-bond donors (Lipinski definition) is 2. The molecule has 2 rings (SSSR count). The molecule has 0 aromatic carbocycles. The summed E-state index contributed by atoms with van der Waals surface area (Å²) in [5.74, 6) is -1.22. The van der Waals surface area contributed by atoms with Crippen LogP contribution in [0.3, 0.4) is 0 Å². The zero-order chi connectivity index (χ0) is 18.1. The summed E-state index contributed by atoms with van der Waals surface area (Å²) in [6.07, 6.45) is 12.1. The molecule has 1 saturated carbocycles. The van der Waals surface area contributed by atoms with Crippen LogP contribution in [0.2, 0.25) is 0 Å². The van der Waals surface area contributed by atoms with E-state index in [-0.39, 0.29) is 12.2 Å². The van der Waals surface area contributed by atoms with E-state index in [1.807, 2.05) is 0 Å². The van der Waals surface area contributed by atoms with Crippen molar-refractivity contribution in [2.75, 3.05) is 6.61 Å². The molecule has 0 aromatic rings. The van der Waals surface area contributed by atoms with Gasteiger partial charge in [0.1, 0.15) is 0 Å². The van der Waals surface area contributed by atoms with Crippen molar-refractivity contribution >= 4 is 5.97 Å². The van der Waals surface area contributed by atoms with E-state index in [1.165, 1.54) is 25.7 Å². The van der Waals surface area contributed by atoms with E-state index in [0.29, 0.717) is 19.4 Å². The van der Waals surface area contributed by atoms with E-state index in [1.54, 1.807) is 0 Å². The van der Waals surface area contributed by atoms with Crippen LogP contribution >= 0.6 is 0 Å². The van der Waals surface area contributed by atoms with Gasteiger partial charge in [0, 0.05) is 12.3 Å². The number of ether oxygens (including phenoxy) is 2. The summed E-state index contributed by atoms with van der Waals surface area (Å²) < 4.78 is 11.8. The van der Waals surface area contributed by atoms with Crippen LogP contribution in [0.5, 0.6) is 0 Å². The fourth-order valence-electron chi connectivity index (χ4n) is 3.87. The third-order valence-corrected chi connectivity index (χ3v) is 5.33. The van der Waals surface area contributed by atoms with Gasteiger partial charge in [0.2, 0.25) is 0 Å². The molecule has 1 saturated heterocycles. The quantitative estimate of drug-likeness (QED) is 0.453. The topological polar surface area (TPSA) is 76.0 Å². The predicted molar refractivity (Wildman–Crippen MR) is 96.0 cm³/mol. The Balaban J connectivity index is 1.98. The van der Waals surface area contributed by atoms with Crippen molar-refractivity contribution in [2.45, 2.75) is 89.9 Å². The molecule has 0 radical (unpaired) electrons. The summed E-state index contributed by atoms with van der Waals surface area (Å²) in [5, 5.41) is 19.6. The minimum atomic E-state index is -0.933. The number of unbranched alkanes of at least 4 members (excludes halogenated alkanes) is 5. The maximum atomic E-state index is 11.6. The molecule has 2 N–H and O–H groups in total. The van der Waals surface area contributed by atoms with Crippen molar-refractivity contribution < 1.29 is 24.5 Å². The number of allylic oxidation sites excluding steroid dienone is 2. The molecule has 2 fully saturated rings. The SMILES string of the molecule is CCCCCCCC=C(OC1CCCCO1)C1CCC(O)C1C(=O)O. The second-order valence-electron chi connectivity index (χ2n) is 7.34. The highest BCUT2D eigenvalue weighted by atomic mass is 16.7. The molecule has 0 amide bonds. The number of aliphatic hydroxyl groups excluding tert-OH is 1.